The lowest BCUT2D eigenvalue weighted by Crippen LogP contribution is -2.53. The Bertz CT molecular complexity index is 697. The van der Waals surface area contributed by atoms with Crippen LogP contribution in [0.5, 0.6) is 0 Å². The Morgan fingerprint density at radius 2 is 1.69 bits per heavy atom. The van der Waals surface area contributed by atoms with Crippen LogP contribution in [0.4, 0.5) is 5.69 Å². The van der Waals surface area contributed by atoms with E-state index in [0.717, 1.165) is 49.3 Å². The summed E-state index contributed by atoms with van der Waals surface area (Å²) < 4.78 is 1.01. The highest BCUT2D eigenvalue weighted by atomic mass is 79.9. The normalized spacial score (nSPS) is 17.0. The lowest BCUT2D eigenvalue weighted by Gasteiger charge is -2.37. The molecule has 2 aromatic rings. The van der Waals surface area contributed by atoms with Crippen LogP contribution >= 0.6 is 15.9 Å². The molecule has 2 aromatic carbocycles. The summed E-state index contributed by atoms with van der Waals surface area (Å²) in [6.07, 6.45) is 1.08. The van der Waals surface area contributed by atoms with Gasteiger partial charge in [0.1, 0.15) is 0 Å². The molecule has 1 fully saturated rings. The number of rotatable bonds is 6. The van der Waals surface area contributed by atoms with E-state index in [-0.39, 0.29) is 11.9 Å². The number of nitrogens with one attached hydrogen (secondary N) is 1. The molecule has 0 aromatic heterocycles. The van der Waals surface area contributed by atoms with Crippen LogP contribution in [0.15, 0.2) is 59.1 Å². The fourth-order valence-electron chi connectivity index (χ4n) is 3.25. The summed E-state index contributed by atoms with van der Waals surface area (Å²) in [5, 5.41) is 3.01. The summed E-state index contributed by atoms with van der Waals surface area (Å²) in [6, 6.07) is 18.2. The van der Waals surface area contributed by atoms with E-state index in [2.05, 4.69) is 61.4 Å². The van der Waals surface area contributed by atoms with E-state index in [1.807, 2.05) is 31.2 Å². The first-order valence-electron chi connectivity index (χ1n) is 9.18. The molecule has 3 rings (SSSR count). The number of carbonyl (C=O) groups is 1. The van der Waals surface area contributed by atoms with Gasteiger partial charge in [-0.3, -0.25) is 9.69 Å². The molecule has 1 heterocycles. The van der Waals surface area contributed by atoms with Crippen molar-refractivity contribution >= 4 is 27.5 Å². The molecular formula is C21H26BrN3O. The van der Waals surface area contributed by atoms with Gasteiger partial charge >= 0.3 is 0 Å². The highest BCUT2D eigenvalue weighted by Crippen LogP contribution is 2.15. The molecule has 0 spiro atoms. The van der Waals surface area contributed by atoms with Crippen molar-refractivity contribution in [2.75, 3.05) is 38.0 Å². The van der Waals surface area contributed by atoms with Gasteiger partial charge in [-0.05, 0) is 43.2 Å². The SMILES string of the molecule is C[C@@H](C(=O)Nc1ccc(Br)cc1)N1CCN(CCc2ccccc2)CC1. The number of piperazine rings is 1. The number of hydrogen-bond donors (Lipinski definition) is 1. The van der Waals surface area contributed by atoms with Crippen LogP contribution in [0, 0.1) is 0 Å². The third kappa shape index (κ3) is 5.40. The standard InChI is InChI=1S/C21H26BrN3O/c1-17(21(26)23-20-9-7-19(22)8-10-20)25-15-13-24(14-16-25)12-11-18-5-3-2-4-6-18/h2-10,17H,11-16H2,1H3,(H,23,26)/t17-/m0/s1. The van der Waals surface area contributed by atoms with Crippen LogP contribution in [-0.2, 0) is 11.2 Å². The Balaban J connectivity index is 1.43. The summed E-state index contributed by atoms with van der Waals surface area (Å²) in [6.45, 7) is 6.98. The predicted molar refractivity (Wildman–Crippen MR) is 110 cm³/mol. The highest BCUT2D eigenvalue weighted by Gasteiger charge is 2.25. The average molecular weight is 416 g/mol. The predicted octanol–water partition coefficient (Wildman–Crippen LogP) is 3.64. The second kappa shape index (κ2) is 9.31. The second-order valence-electron chi connectivity index (χ2n) is 6.79. The molecule has 1 aliphatic rings. The van der Waals surface area contributed by atoms with E-state index in [0.29, 0.717) is 0 Å². The smallest absolute Gasteiger partial charge is 0.241 e. The minimum Gasteiger partial charge on any atom is -0.325 e. The zero-order chi connectivity index (χ0) is 18.4. The molecule has 1 atom stereocenters. The summed E-state index contributed by atoms with van der Waals surface area (Å²) in [7, 11) is 0. The minimum atomic E-state index is -0.116. The van der Waals surface area contributed by atoms with Gasteiger partial charge in [0.2, 0.25) is 5.91 Å². The molecule has 1 N–H and O–H groups in total. The first-order valence-corrected chi connectivity index (χ1v) is 9.98. The van der Waals surface area contributed by atoms with Gasteiger partial charge in [-0.2, -0.15) is 0 Å². The summed E-state index contributed by atoms with van der Waals surface area (Å²) in [5.74, 6) is 0.0602. The number of nitrogens with zero attached hydrogens (tertiary/aromatic N) is 2. The Morgan fingerprint density at radius 1 is 1.04 bits per heavy atom. The van der Waals surface area contributed by atoms with E-state index < -0.39 is 0 Å². The lowest BCUT2D eigenvalue weighted by molar-refractivity contribution is -0.121. The van der Waals surface area contributed by atoms with E-state index in [1.165, 1.54) is 5.56 Å². The Labute approximate surface area is 164 Å². The maximum absolute atomic E-state index is 12.5. The van der Waals surface area contributed by atoms with Gasteiger partial charge in [0.15, 0.2) is 0 Å². The number of benzene rings is 2. The van der Waals surface area contributed by atoms with Crippen molar-refractivity contribution in [2.45, 2.75) is 19.4 Å². The number of halogens is 1. The van der Waals surface area contributed by atoms with Crippen LogP contribution in [0.2, 0.25) is 0 Å². The van der Waals surface area contributed by atoms with Crippen molar-refractivity contribution in [3.8, 4) is 0 Å². The lowest BCUT2D eigenvalue weighted by atomic mass is 10.1. The molecule has 0 aliphatic carbocycles. The van der Waals surface area contributed by atoms with Gasteiger partial charge in [0.25, 0.3) is 0 Å². The molecule has 5 heteroatoms. The van der Waals surface area contributed by atoms with E-state index in [4.69, 9.17) is 0 Å². The molecule has 1 aliphatic heterocycles. The first-order chi connectivity index (χ1) is 12.6. The number of anilines is 1. The molecule has 0 bridgehead atoms. The Hall–Kier alpha value is -1.69. The van der Waals surface area contributed by atoms with Gasteiger partial charge < -0.3 is 10.2 Å². The van der Waals surface area contributed by atoms with E-state index in [9.17, 15) is 4.79 Å². The largest absolute Gasteiger partial charge is 0.325 e. The van der Waals surface area contributed by atoms with E-state index in [1.54, 1.807) is 0 Å². The highest BCUT2D eigenvalue weighted by molar-refractivity contribution is 9.10. The Kier molecular flexibility index (Phi) is 6.83. The molecule has 1 amide bonds. The third-order valence-electron chi connectivity index (χ3n) is 5.01. The Morgan fingerprint density at radius 3 is 2.35 bits per heavy atom. The van der Waals surface area contributed by atoms with Gasteiger partial charge in [-0.1, -0.05) is 46.3 Å². The molecule has 0 saturated carbocycles. The molecular weight excluding hydrogens is 390 g/mol. The first kappa shape index (κ1) is 19.1. The summed E-state index contributed by atoms with van der Waals surface area (Å²) in [4.78, 5) is 17.3. The maximum Gasteiger partial charge on any atom is 0.241 e. The van der Waals surface area contributed by atoms with Crippen LogP contribution in [0.1, 0.15) is 12.5 Å². The molecule has 1 saturated heterocycles. The van der Waals surface area contributed by atoms with Crippen molar-refractivity contribution in [3.05, 3.63) is 64.6 Å². The zero-order valence-electron chi connectivity index (χ0n) is 15.2. The monoisotopic (exact) mass is 415 g/mol. The maximum atomic E-state index is 12.5. The third-order valence-corrected chi connectivity index (χ3v) is 5.53. The fraction of sp³-hybridized carbons (Fsp3) is 0.381. The van der Waals surface area contributed by atoms with Crippen LogP contribution < -0.4 is 5.32 Å². The van der Waals surface area contributed by atoms with E-state index >= 15 is 0 Å². The number of carbonyl (C=O) groups excluding carboxylic acids is 1. The zero-order valence-corrected chi connectivity index (χ0v) is 16.8. The quantitative estimate of drug-likeness (QED) is 0.781. The molecule has 4 nitrogen and oxygen atoms in total. The molecule has 138 valence electrons. The van der Waals surface area contributed by atoms with Crippen LogP contribution in [0.25, 0.3) is 0 Å². The number of amides is 1. The van der Waals surface area contributed by atoms with Gasteiger partial charge in [-0.25, -0.2) is 0 Å². The number of hydrogen-bond acceptors (Lipinski definition) is 3. The average Bonchev–Trinajstić information content (AvgIpc) is 2.69. The van der Waals surface area contributed by atoms with Crippen molar-refractivity contribution in [1.82, 2.24) is 9.80 Å². The van der Waals surface area contributed by atoms with Gasteiger partial charge in [0, 0.05) is 42.9 Å². The van der Waals surface area contributed by atoms with Crippen molar-refractivity contribution < 1.29 is 4.79 Å². The fourth-order valence-corrected chi connectivity index (χ4v) is 3.52. The van der Waals surface area contributed by atoms with Crippen LogP contribution in [-0.4, -0.2) is 54.5 Å². The molecule has 26 heavy (non-hydrogen) atoms. The topological polar surface area (TPSA) is 35.6 Å². The second-order valence-corrected chi connectivity index (χ2v) is 7.70. The van der Waals surface area contributed by atoms with Gasteiger partial charge in [-0.15, -0.1) is 0 Å². The van der Waals surface area contributed by atoms with Gasteiger partial charge in [0.05, 0.1) is 6.04 Å². The van der Waals surface area contributed by atoms with Crippen LogP contribution in [0.3, 0.4) is 0 Å². The summed E-state index contributed by atoms with van der Waals surface area (Å²) >= 11 is 3.41. The summed E-state index contributed by atoms with van der Waals surface area (Å²) in [5.41, 5.74) is 2.23. The van der Waals surface area contributed by atoms with Crippen molar-refractivity contribution in [2.24, 2.45) is 0 Å². The molecule has 0 unspecified atom stereocenters. The molecule has 0 radical (unpaired) electrons. The minimum absolute atomic E-state index is 0.0602. The van der Waals surface area contributed by atoms with Crippen molar-refractivity contribution in [1.29, 1.82) is 0 Å². The van der Waals surface area contributed by atoms with Crippen molar-refractivity contribution in [3.63, 3.8) is 0 Å².